The van der Waals surface area contributed by atoms with Gasteiger partial charge in [0.25, 0.3) is 0 Å². The highest BCUT2D eigenvalue weighted by Crippen LogP contribution is 2.44. The van der Waals surface area contributed by atoms with Crippen LogP contribution in [0.5, 0.6) is 5.75 Å². The molecule has 4 heterocycles. The molecule has 0 saturated carbocycles. The lowest BCUT2D eigenvalue weighted by Gasteiger charge is -2.36. The second kappa shape index (κ2) is 9.18. The number of hydrogen-bond donors (Lipinski definition) is 1. The third kappa shape index (κ3) is 4.73. The molecule has 0 amide bonds. The van der Waals surface area contributed by atoms with Crippen molar-refractivity contribution in [3.63, 3.8) is 0 Å². The molecule has 6 nitrogen and oxygen atoms in total. The molecule has 36 heavy (non-hydrogen) atoms. The Labute approximate surface area is 219 Å². The standard InChI is InChI=1S/C28H27Cl2N3O3/c1-27(2,15-28(3,35)16-33-14-23(30)25(34)21-13-31-6-4-24(21)33)22-10-18(8-17-5-7-36-26(17)22)19-9-20(29)12-32-11-19/h4,6,8-14,35H,5,7,15-16H2,1-3H3. The molecule has 0 fully saturated rings. The molecule has 186 valence electrons. The zero-order valence-corrected chi connectivity index (χ0v) is 21.9. The van der Waals surface area contributed by atoms with Gasteiger partial charge in [-0.1, -0.05) is 37.0 Å². The van der Waals surface area contributed by atoms with E-state index in [1.54, 1.807) is 37.8 Å². The Bertz CT molecular complexity index is 1530. The SMILES string of the molecule is CC(O)(Cn1cc(Cl)c(=O)c2cnccc21)CC(C)(C)c1cc(-c2cncc(Cl)c2)cc2c1OCC2. The number of nitrogens with zero attached hydrogens (tertiary/aromatic N) is 3. The highest BCUT2D eigenvalue weighted by molar-refractivity contribution is 6.31. The highest BCUT2D eigenvalue weighted by Gasteiger charge is 2.36. The summed E-state index contributed by atoms with van der Waals surface area (Å²) in [4.78, 5) is 20.8. The zero-order chi connectivity index (χ0) is 25.7. The van der Waals surface area contributed by atoms with Crippen molar-refractivity contribution in [3.8, 4) is 16.9 Å². The van der Waals surface area contributed by atoms with Gasteiger partial charge in [0.05, 0.1) is 34.7 Å². The zero-order valence-electron chi connectivity index (χ0n) is 20.4. The van der Waals surface area contributed by atoms with Gasteiger partial charge >= 0.3 is 0 Å². The van der Waals surface area contributed by atoms with E-state index in [4.69, 9.17) is 27.9 Å². The van der Waals surface area contributed by atoms with Gasteiger partial charge in [-0.05, 0) is 54.2 Å². The van der Waals surface area contributed by atoms with Gasteiger partial charge < -0.3 is 14.4 Å². The van der Waals surface area contributed by atoms with Crippen LogP contribution in [0.1, 0.15) is 38.3 Å². The number of pyridine rings is 3. The van der Waals surface area contributed by atoms with Gasteiger partial charge in [-0.3, -0.25) is 14.8 Å². The topological polar surface area (TPSA) is 77.2 Å². The maximum atomic E-state index is 12.5. The predicted octanol–water partition coefficient (Wildman–Crippen LogP) is 5.82. The Morgan fingerprint density at radius 1 is 1.08 bits per heavy atom. The van der Waals surface area contributed by atoms with Crippen LogP contribution in [0.15, 0.2) is 60.0 Å². The lowest BCUT2D eigenvalue weighted by molar-refractivity contribution is 0.0155. The van der Waals surface area contributed by atoms with Gasteiger partial charge in [0.15, 0.2) is 0 Å². The molecule has 1 unspecified atom stereocenters. The fourth-order valence-electron chi connectivity index (χ4n) is 5.35. The monoisotopic (exact) mass is 523 g/mol. The molecule has 4 aromatic rings. The van der Waals surface area contributed by atoms with Crippen molar-refractivity contribution >= 4 is 34.1 Å². The van der Waals surface area contributed by atoms with Crippen LogP contribution >= 0.6 is 23.2 Å². The first-order valence-corrected chi connectivity index (χ1v) is 12.6. The van der Waals surface area contributed by atoms with E-state index in [1.807, 2.05) is 10.6 Å². The molecule has 1 aromatic carbocycles. The number of hydrogen-bond acceptors (Lipinski definition) is 5. The Morgan fingerprint density at radius 2 is 1.89 bits per heavy atom. The van der Waals surface area contributed by atoms with Crippen molar-refractivity contribution in [2.45, 2.75) is 51.2 Å². The number of rotatable bonds is 6. The second-order valence-electron chi connectivity index (χ2n) is 10.4. The molecule has 1 aliphatic heterocycles. The Kier molecular flexibility index (Phi) is 6.31. The summed E-state index contributed by atoms with van der Waals surface area (Å²) in [6.45, 7) is 6.90. The first-order valence-electron chi connectivity index (χ1n) is 11.8. The van der Waals surface area contributed by atoms with E-state index in [0.717, 1.165) is 34.4 Å². The third-order valence-electron chi connectivity index (χ3n) is 6.72. The fraction of sp³-hybridized carbons (Fsp3) is 0.321. The summed E-state index contributed by atoms with van der Waals surface area (Å²) in [5.41, 5.74) is 2.96. The van der Waals surface area contributed by atoms with Crippen molar-refractivity contribution in [3.05, 3.63) is 86.6 Å². The van der Waals surface area contributed by atoms with Gasteiger partial charge in [0, 0.05) is 48.5 Å². The first-order chi connectivity index (χ1) is 17.0. The molecule has 1 aliphatic rings. The van der Waals surface area contributed by atoms with E-state index in [9.17, 15) is 9.90 Å². The van der Waals surface area contributed by atoms with Crippen LogP contribution in [0.4, 0.5) is 0 Å². The molecule has 1 atom stereocenters. The molecular formula is C28H27Cl2N3O3. The molecule has 0 radical (unpaired) electrons. The van der Waals surface area contributed by atoms with Crippen LogP contribution in [0, 0.1) is 0 Å². The first kappa shape index (κ1) is 24.8. The summed E-state index contributed by atoms with van der Waals surface area (Å²) < 4.78 is 7.89. The lowest BCUT2D eigenvalue weighted by Crippen LogP contribution is -2.38. The third-order valence-corrected chi connectivity index (χ3v) is 7.20. The normalized spacial score (nSPS) is 14.9. The van der Waals surface area contributed by atoms with Crippen LogP contribution in [0.3, 0.4) is 0 Å². The molecule has 0 spiro atoms. The van der Waals surface area contributed by atoms with Gasteiger partial charge in [0.2, 0.25) is 5.43 Å². The van der Waals surface area contributed by atoms with Crippen LogP contribution < -0.4 is 10.2 Å². The molecule has 0 aliphatic carbocycles. The minimum Gasteiger partial charge on any atom is -0.493 e. The van der Waals surface area contributed by atoms with Crippen molar-refractivity contribution in [1.29, 1.82) is 0 Å². The van der Waals surface area contributed by atoms with E-state index in [0.29, 0.717) is 29.0 Å². The van der Waals surface area contributed by atoms with Gasteiger partial charge in [-0.15, -0.1) is 0 Å². The van der Waals surface area contributed by atoms with E-state index >= 15 is 0 Å². The quantitative estimate of drug-likeness (QED) is 0.344. The van der Waals surface area contributed by atoms with Gasteiger partial charge in [0.1, 0.15) is 10.8 Å². The Balaban J connectivity index is 1.51. The van der Waals surface area contributed by atoms with Crippen molar-refractivity contribution in [1.82, 2.24) is 14.5 Å². The second-order valence-corrected chi connectivity index (χ2v) is 11.2. The number of aromatic nitrogens is 3. The smallest absolute Gasteiger partial charge is 0.209 e. The summed E-state index contributed by atoms with van der Waals surface area (Å²) in [6.07, 6.45) is 9.40. The average molecular weight is 524 g/mol. The summed E-state index contributed by atoms with van der Waals surface area (Å²) in [6, 6.07) is 7.91. The summed E-state index contributed by atoms with van der Waals surface area (Å²) in [7, 11) is 0. The number of halogens is 2. The van der Waals surface area contributed by atoms with E-state index < -0.39 is 11.0 Å². The molecule has 1 N–H and O–H groups in total. The lowest BCUT2D eigenvalue weighted by atomic mass is 9.74. The van der Waals surface area contributed by atoms with Crippen LogP contribution in [0.2, 0.25) is 10.0 Å². The molecular weight excluding hydrogens is 497 g/mol. The Morgan fingerprint density at radius 3 is 2.67 bits per heavy atom. The average Bonchev–Trinajstić information content (AvgIpc) is 3.29. The summed E-state index contributed by atoms with van der Waals surface area (Å²) in [5, 5.41) is 12.7. The summed E-state index contributed by atoms with van der Waals surface area (Å²) in [5.74, 6) is 0.887. The predicted molar refractivity (Wildman–Crippen MR) is 143 cm³/mol. The maximum Gasteiger partial charge on any atom is 0.209 e. The number of benzene rings is 1. The van der Waals surface area contributed by atoms with E-state index in [-0.39, 0.29) is 17.0 Å². The highest BCUT2D eigenvalue weighted by atomic mass is 35.5. The van der Waals surface area contributed by atoms with E-state index in [1.165, 1.54) is 6.20 Å². The van der Waals surface area contributed by atoms with E-state index in [2.05, 4.69) is 35.9 Å². The maximum absolute atomic E-state index is 12.5. The molecule has 0 bridgehead atoms. The minimum atomic E-state index is -1.13. The molecule has 8 heteroatoms. The number of fused-ring (bicyclic) bond motifs is 2. The van der Waals surface area contributed by atoms with Crippen LogP contribution in [-0.4, -0.2) is 31.8 Å². The number of aliphatic hydroxyl groups is 1. The van der Waals surface area contributed by atoms with Crippen molar-refractivity contribution in [2.75, 3.05) is 6.61 Å². The summed E-state index contributed by atoms with van der Waals surface area (Å²) >= 11 is 12.4. The van der Waals surface area contributed by atoms with Gasteiger partial charge in [-0.2, -0.15) is 0 Å². The Hall–Kier alpha value is -2.93. The van der Waals surface area contributed by atoms with Crippen molar-refractivity contribution < 1.29 is 9.84 Å². The molecule has 0 saturated heterocycles. The van der Waals surface area contributed by atoms with Crippen LogP contribution in [-0.2, 0) is 18.4 Å². The molecule has 3 aromatic heterocycles. The fourth-order valence-corrected chi connectivity index (χ4v) is 5.75. The number of ether oxygens (including phenoxy) is 1. The van der Waals surface area contributed by atoms with Crippen molar-refractivity contribution in [2.24, 2.45) is 0 Å². The minimum absolute atomic E-state index is 0.0969. The van der Waals surface area contributed by atoms with Gasteiger partial charge in [-0.25, -0.2) is 0 Å². The largest absolute Gasteiger partial charge is 0.493 e. The molecule has 5 rings (SSSR count). The van der Waals surface area contributed by atoms with Crippen LogP contribution in [0.25, 0.3) is 22.0 Å².